The molecule has 0 aromatic heterocycles. The van der Waals surface area contributed by atoms with Crippen LogP contribution in [0.1, 0.15) is 12.8 Å². The molecule has 1 aliphatic heterocycles. The first-order valence-corrected chi connectivity index (χ1v) is 3.17. The standard InChI is InChI=1S/C6H11NO2/c1-9-6(8)7-4-2-3-5-7/h2-5H2,1H3/q+1. The van der Waals surface area contributed by atoms with Crippen LogP contribution in [0.4, 0.5) is 4.79 Å². The van der Waals surface area contributed by atoms with E-state index in [2.05, 4.69) is 4.74 Å². The molecule has 3 nitrogen and oxygen atoms in total. The molecule has 0 unspecified atom stereocenters. The summed E-state index contributed by atoms with van der Waals surface area (Å²) in [6.45, 7) is 1.74. The van der Waals surface area contributed by atoms with Gasteiger partial charge in [0.25, 0.3) is 0 Å². The van der Waals surface area contributed by atoms with Crippen LogP contribution >= 0.6 is 0 Å². The molecule has 0 N–H and O–H groups in total. The van der Waals surface area contributed by atoms with Crippen LogP contribution in [-0.4, -0.2) is 26.3 Å². The summed E-state index contributed by atoms with van der Waals surface area (Å²) >= 11 is 0. The number of carbonyl (C=O) groups is 1. The second-order valence-electron chi connectivity index (χ2n) is 2.16. The van der Waals surface area contributed by atoms with Gasteiger partial charge in [0.15, 0.2) is 0 Å². The zero-order valence-corrected chi connectivity index (χ0v) is 5.59. The molecule has 1 saturated heterocycles. The van der Waals surface area contributed by atoms with E-state index < -0.39 is 0 Å². The number of nitrogens with zero attached hydrogens (tertiary/aromatic N) is 1. The van der Waals surface area contributed by atoms with Crippen LogP contribution < -0.4 is 4.90 Å². The van der Waals surface area contributed by atoms with Gasteiger partial charge in [-0.2, -0.15) is 4.79 Å². The van der Waals surface area contributed by atoms with Crippen molar-refractivity contribution in [2.75, 3.05) is 20.2 Å². The fourth-order valence-electron chi connectivity index (χ4n) is 1.03. The molecule has 0 aromatic rings. The Balaban J connectivity index is 2.32. The van der Waals surface area contributed by atoms with E-state index in [0.29, 0.717) is 0 Å². The molecule has 0 aromatic carbocycles. The number of likely N-dealkylation sites (tertiary alicyclic amines) is 1. The molecule has 0 atom stereocenters. The summed E-state index contributed by atoms with van der Waals surface area (Å²) in [6.07, 6.45) is 2.05. The molecule has 1 aliphatic rings. The molecule has 1 radical (unpaired) electrons. The maximum Gasteiger partial charge on any atom is 0.565 e. The third-order valence-corrected chi connectivity index (χ3v) is 1.54. The van der Waals surface area contributed by atoms with Crippen molar-refractivity contribution < 1.29 is 9.53 Å². The van der Waals surface area contributed by atoms with Crippen molar-refractivity contribution in [1.82, 2.24) is 4.90 Å². The first-order chi connectivity index (χ1) is 4.34. The maximum atomic E-state index is 10.7. The van der Waals surface area contributed by atoms with Gasteiger partial charge >= 0.3 is 6.09 Å². The Labute approximate surface area is 54.6 Å². The van der Waals surface area contributed by atoms with Crippen molar-refractivity contribution in [2.45, 2.75) is 12.8 Å². The molecular weight excluding hydrogens is 118 g/mol. The van der Waals surface area contributed by atoms with Crippen LogP contribution in [0.3, 0.4) is 0 Å². The highest BCUT2D eigenvalue weighted by Gasteiger charge is 2.30. The predicted molar refractivity (Wildman–Crippen MR) is 33.5 cm³/mol. The van der Waals surface area contributed by atoms with Gasteiger partial charge in [-0.15, -0.1) is 0 Å². The van der Waals surface area contributed by atoms with Gasteiger partial charge in [-0.1, -0.05) is 4.90 Å². The number of amides is 1. The number of hydrogen-bond donors (Lipinski definition) is 0. The fourth-order valence-corrected chi connectivity index (χ4v) is 1.03. The van der Waals surface area contributed by atoms with Gasteiger partial charge in [-0.25, -0.2) is 0 Å². The van der Waals surface area contributed by atoms with Crippen molar-refractivity contribution in [1.29, 1.82) is 0 Å². The minimum atomic E-state index is -0.187. The summed E-state index contributed by atoms with van der Waals surface area (Å²) in [4.78, 5) is 12.4. The SMILES string of the molecule is COC(=O)[N+]1CCCC1. The van der Waals surface area contributed by atoms with E-state index in [0.717, 1.165) is 25.9 Å². The monoisotopic (exact) mass is 129 g/mol. The minimum absolute atomic E-state index is 0.187. The lowest BCUT2D eigenvalue weighted by atomic mass is 10.4. The van der Waals surface area contributed by atoms with Crippen LogP contribution in [-0.2, 0) is 4.74 Å². The molecule has 9 heavy (non-hydrogen) atoms. The predicted octanol–water partition coefficient (Wildman–Crippen LogP) is 0.687. The van der Waals surface area contributed by atoms with Gasteiger partial charge in [0.05, 0.1) is 7.11 Å². The molecule has 0 aliphatic carbocycles. The summed E-state index contributed by atoms with van der Waals surface area (Å²) in [5.74, 6) is 0. The average molecular weight is 129 g/mol. The Kier molecular flexibility index (Phi) is 2.05. The van der Waals surface area contributed by atoms with Gasteiger partial charge in [-0.3, -0.25) is 0 Å². The highest BCUT2D eigenvalue weighted by Crippen LogP contribution is 2.04. The first kappa shape index (κ1) is 6.55. The molecular formula is C6H11NO2+. The molecule has 3 heteroatoms. The number of hydrogen-bond acceptors (Lipinski definition) is 2. The van der Waals surface area contributed by atoms with Gasteiger partial charge < -0.3 is 4.74 Å². The Hall–Kier alpha value is -0.570. The lowest BCUT2D eigenvalue weighted by Gasteiger charge is -1.96. The van der Waals surface area contributed by atoms with E-state index in [1.54, 1.807) is 4.90 Å². The Morgan fingerprint density at radius 1 is 1.44 bits per heavy atom. The lowest BCUT2D eigenvalue weighted by molar-refractivity contribution is 0.154. The minimum Gasteiger partial charge on any atom is -0.420 e. The van der Waals surface area contributed by atoms with E-state index in [-0.39, 0.29) is 6.09 Å². The maximum absolute atomic E-state index is 10.7. The second-order valence-corrected chi connectivity index (χ2v) is 2.16. The second kappa shape index (κ2) is 2.82. The van der Waals surface area contributed by atoms with Crippen LogP contribution in [0, 0.1) is 0 Å². The smallest absolute Gasteiger partial charge is 0.420 e. The molecule has 0 saturated carbocycles. The van der Waals surface area contributed by atoms with Gasteiger partial charge in [0.1, 0.15) is 13.1 Å². The fraction of sp³-hybridized carbons (Fsp3) is 0.833. The van der Waals surface area contributed by atoms with Gasteiger partial charge in [0, 0.05) is 12.8 Å². The molecule has 51 valence electrons. The van der Waals surface area contributed by atoms with Crippen molar-refractivity contribution >= 4 is 6.09 Å². The van der Waals surface area contributed by atoms with E-state index in [1.165, 1.54) is 7.11 Å². The number of carbonyl (C=O) groups excluding carboxylic acids is 1. The summed E-state index contributed by atoms with van der Waals surface area (Å²) in [5, 5.41) is 0. The first-order valence-electron chi connectivity index (χ1n) is 3.17. The lowest BCUT2D eigenvalue weighted by Crippen LogP contribution is -2.33. The molecule has 1 rings (SSSR count). The third-order valence-electron chi connectivity index (χ3n) is 1.54. The Bertz CT molecular complexity index is 108. The zero-order valence-electron chi connectivity index (χ0n) is 5.59. The van der Waals surface area contributed by atoms with E-state index in [4.69, 9.17) is 0 Å². The zero-order chi connectivity index (χ0) is 6.69. The highest BCUT2D eigenvalue weighted by atomic mass is 16.5. The van der Waals surface area contributed by atoms with Crippen LogP contribution in [0.5, 0.6) is 0 Å². The summed E-state index contributed by atoms with van der Waals surface area (Å²) in [5.41, 5.74) is 0. The van der Waals surface area contributed by atoms with Crippen molar-refractivity contribution in [3.63, 3.8) is 0 Å². The van der Waals surface area contributed by atoms with Gasteiger partial charge in [0.2, 0.25) is 0 Å². The van der Waals surface area contributed by atoms with E-state index >= 15 is 0 Å². The van der Waals surface area contributed by atoms with Crippen molar-refractivity contribution in [2.24, 2.45) is 0 Å². The summed E-state index contributed by atoms with van der Waals surface area (Å²) < 4.78 is 4.52. The van der Waals surface area contributed by atoms with Crippen molar-refractivity contribution in [3.8, 4) is 0 Å². The largest absolute Gasteiger partial charge is 0.565 e. The van der Waals surface area contributed by atoms with E-state index in [9.17, 15) is 4.79 Å². The summed E-state index contributed by atoms with van der Waals surface area (Å²) in [7, 11) is 1.42. The number of rotatable bonds is 0. The Morgan fingerprint density at radius 3 is 2.44 bits per heavy atom. The molecule has 1 heterocycles. The van der Waals surface area contributed by atoms with E-state index in [1.807, 2.05) is 0 Å². The Morgan fingerprint density at radius 2 is 2.00 bits per heavy atom. The molecule has 0 bridgehead atoms. The van der Waals surface area contributed by atoms with Gasteiger partial charge in [-0.05, 0) is 0 Å². The molecule has 1 amide bonds. The molecule has 0 spiro atoms. The van der Waals surface area contributed by atoms with Crippen molar-refractivity contribution in [3.05, 3.63) is 0 Å². The topological polar surface area (TPSA) is 32.2 Å². The average Bonchev–Trinajstić information content (AvgIpc) is 2.37. The van der Waals surface area contributed by atoms with Crippen LogP contribution in [0.2, 0.25) is 0 Å². The normalized spacial score (nSPS) is 20.1. The van der Waals surface area contributed by atoms with Crippen LogP contribution in [0.15, 0.2) is 0 Å². The quantitative estimate of drug-likeness (QED) is 0.451. The summed E-state index contributed by atoms with van der Waals surface area (Å²) in [6, 6.07) is 0. The third kappa shape index (κ3) is 1.42. The number of methoxy groups -OCH3 is 1. The molecule has 1 fully saturated rings. The van der Waals surface area contributed by atoms with Crippen LogP contribution in [0.25, 0.3) is 0 Å². The highest BCUT2D eigenvalue weighted by molar-refractivity contribution is 5.70. The number of ether oxygens (including phenoxy) is 1.